The minimum Gasteiger partial charge on any atom is -0.198 e. The van der Waals surface area contributed by atoms with E-state index in [1.54, 1.807) is 0 Å². The van der Waals surface area contributed by atoms with Crippen molar-refractivity contribution in [2.24, 2.45) is 5.92 Å². The highest BCUT2D eigenvalue weighted by Gasteiger charge is 2.15. The molecule has 0 aromatic carbocycles. The van der Waals surface area contributed by atoms with E-state index >= 15 is 0 Å². The van der Waals surface area contributed by atoms with Crippen LogP contribution in [-0.4, -0.2) is 0 Å². The molecule has 0 N–H and O–H groups in total. The lowest BCUT2D eigenvalue weighted by Crippen LogP contribution is -2.05. The van der Waals surface area contributed by atoms with Gasteiger partial charge in [-0.15, -0.1) is 0 Å². The van der Waals surface area contributed by atoms with E-state index in [-0.39, 0.29) is 5.92 Å². The van der Waals surface area contributed by atoms with E-state index in [9.17, 15) is 0 Å². The Morgan fingerprint density at radius 2 is 2.33 bits per heavy atom. The van der Waals surface area contributed by atoms with Crippen LogP contribution >= 0.6 is 0 Å². The second kappa shape index (κ2) is 2.68. The van der Waals surface area contributed by atoms with Crippen molar-refractivity contribution in [2.75, 3.05) is 0 Å². The maximum absolute atomic E-state index is 8.55. The first-order chi connectivity index (χ1) is 4.34. The molecule has 0 aromatic heterocycles. The van der Waals surface area contributed by atoms with Crippen LogP contribution in [0.1, 0.15) is 25.7 Å². The molecule has 1 aliphatic rings. The first kappa shape index (κ1) is 6.35. The van der Waals surface area contributed by atoms with Gasteiger partial charge in [0.05, 0.1) is 12.0 Å². The van der Waals surface area contributed by atoms with Gasteiger partial charge in [0.15, 0.2) is 0 Å². The summed E-state index contributed by atoms with van der Waals surface area (Å²) in [6.07, 6.45) is 4.54. The second-order valence-corrected chi connectivity index (χ2v) is 2.59. The molecule has 1 saturated carbocycles. The first-order valence-electron chi connectivity index (χ1n) is 3.42. The third kappa shape index (κ3) is 1.32. The Hall–Kier alpha value is -0.770. The molecule has 1 unspecified atom stereocenters. The van der Waals surface area contributed by atoms with Gasteiger partial charge in [-0.2, -0.15) is 5.26 Å². The number of nitrogens with zero attached hydrogens (tertiary/aromatic N) is 1. The minimum atomic E-state index is 0.166. The zero-order valence-corrected chi connectivity index (χ0v) is 5.56. The summed E-state index contributed by atoms with van der Waals surface area (Å²) in [7, 11) is 0. The van der Waals surface area contributed by atoms with Gasteiger partial charge in [0, 0.05) is 0 Å². The molecule has 0 aliphatic heterocycles. The third-order valence-electron chi connectivity index (χ3n) is 1.89. The van der Waals surface area contributed by atoms with Crippen LogP contribution in [0.25, 0.3) is 0 Å². The van der Waals surface area contributed by atoms with Crippen molar-refractivity contribution in [1.82, 2.24) is 0 Å². The van der Waals surface area contributed by atoms with E-state index in [0.717, 1.165) is 18.4 Å². The summed E-state index contributed by atoms with van der Waals surface area (Å²) in [5, 5.41) is 8.55. The van der Waals surface area contributed by atoms with E-state index in [1.807, 2.05) is 0 Å². The normalized spacial score (nSPS) is 27.4. The van der Waals surface area contributed by atoms with Crippen LogP contribution in [0.15, 0.2) is 12.2 Å². The molecule has 48 valence electrons. The predicted molar refractivity (Wildman–Crippen MR) is 36.7 cm³/mol. The molecule has 1 nitrogen and oxygen atoms in total. The molecule has 1 atom stereocenters. The van der Waals surface area contributed by atoms with Crippen LogP contribution in [-0.2, 0) is 0 Å². The highest BCUT2D eigenvalue weighted by molar-refractivity contribution is 5.11. The molecule has 0 saturated heterocycles. The van der Waals surface area contributed by atoms with Crippen molar-refractivity contribution in [2.45, 2.75) is 25.7 Å². The number of rotatable bonds is 0. The molecule has 0 heterocycles. The molecule has 0 amide bonds. The van der Waals surface area contributed by atoms with Crippen molar-refractivity contribution < 1.29 is 0 Å². The molecular weight excluding hydrogens is 110 g/mol. The van der Waals surface area contributed by atoms with Crippen molar-refractivity contribution in [3.63, 3.8) is 0 Å². The van der Waals surface area contributed by atoms with Gasteiger partial charge in [-0.25, -0.2) is 0 Å². The van der Waals surface area contributed by atoms with Crippen LogP contribution in [0.3, 0.4) is 0 Å². The Bertz CT molecular complexity index is 152. The average molecular weight is 121 g/mol. The molecule has 1 aliphatic carbocycles. The summed E-state index contributed by atoms with van der Waals surface area (Å²) in [5.41, 5.74) is 1.14. The summed E-state index contributed by atoms with van der Waals surface area (Å²) in [4.78, 5) is 0. The maximum atomic E-state index is 8.55. The number of hydrogen-bond donors (Lipinski definition) is 0. The Morgan fingerprint density at radius 3 is 2.78 bits per heavy atom. The minimum absolute atomic E-state index is 0.166. The van der Waals surface area contributed by atoms with Gasteiger partial charge in [-0.1, -0.05) is 18.6 Å². The Labute approximate surface area is 56.0 Å². The van der Waals surface area contributed by atoms with Crippen molar-refractivity contribution in [3.8, 4) is 6.07 Å². The average Bonchev–Trinajstić information content (AvgIpc) is 1.89. The van der Waals surface area contributed by atoms with Crippen molar-refractivity contribution in [3.05, 3.63) is 12.2 Å². The second-order valence-electron chi connectivity index (χ2n) is 2.59. The fraction of sp³-hybridized carbons (Fsp3) is 0.625. The highest BCUT2D eigenvalue weighted by atomic mass is 14.3. The lowest BCUT2D eigenvalue weighted by Gasteiger charge is -2.17. The van der Waals surface area contributed by atoms with Crippen LogP contribution in [0.5, 0.6) is 0 Å². The lowest BCUT2D eigenvalue weighted by atomic mass is 9.86. The van der Waals surface area contributed by atoms with E-state index in [4.69, 9.17) is 5.26 Å². The van der Waals surface area contributed by atoms with E-state index in [0.29, 0.717) is 0 Å². The van der Waals surface area contributed by atoms with E-state index < -0.39 is 0 Å². The Kier molecular flexibility index (Phi) is 1.89. The van der Waals surface area contributed by atoms with Gasteiger partial charge in [0.25, 0.3) is 0 Å². The van der Waals surface area contributed by atoms with Gasteiger partial charge >= 0.3 is 0 Å². The SMILES string of the molecule is C=C1CCCCC1C#N. The molecule has 0 aromatic rings. The number of nitriles is 1. The predicted octanol–water partition coefficient (Wildman–Crippen LogP) is 2.26. The van der Waals surface area contributed by atoms with Crippen molar-refractivity contribution in [1.29, 1.82) is 5.26 Å². The zero-order valence-electron chi connectivity index (χ0n) is 5.56. The molecule has 1 fully saturated rings. The number of allylic oxidation sites excluding steroid dienone is 1. The lowest BCUT2D eigenvalue weighted by molar-refractivity contribution is 0.528. The van der Waals surface area contributed by atoms with Crippen LogP contribution in [0.2, 0.25) is 0 Å². The van der Waals surface area contributed by atoms with Gasteiger partial charge in [0.2, 0.25) is 0 Å². The molecule has 1 rings (SSSR count). The van der Waals surface area contributed by atoms with Gasteiger partial charge in [-0.3, -0.25) is 0 Å². The summed E-state index contributed by atoms with van der Waals surface area (Å²) < 4.78 is 0. The Balaban J connectivity index is 2.51. The number of hydrogen-bond acceptors (Lipinski definition) is 1. The smallest absolute Gasteiger partial charge is 0.0700 e. The monoisotopic (exact) mass is 121 g/mol. The Morgan fingerprint density at radius 1 is 1.56 bits per heavy atom. The van der Waals surface area contributed by atoms with Crippen LogP contribution < -0.4 is 0 Å². The van der Waals surface area contributed by atoms with Gasteiger partial charge in [0.1, 0.15) is 0 Å². The van der Waals surface area contributed by atoms with Crippen molar-refractivity contribution >= 4 is 0 Å². The summed E-state index contributed by atoms with van der Waals surface area (Å²) >= 11 is 0. The van der Waals surface area contributed by atoms with Crippen LogP contribution in [0.4, 0.5) is 0 Å². The third-order valence-corrected chi connectivity index (χ3v) is 1.89. The molecule has 0 spiro atoms. The summed E-state index contributed by atoms with van der Waals surface area (Å²) in [5.74, 6) is 0.166. The van der Waals surface area contributed by atoms with Gasteiger partial charge in [-0.05, 0) is 19.3 Å². The standard InChI is InChI=1S/C8H11N/c1-7-4-2-3-5-8(7)6-9/h8H,1-5H2. The fourth-order valence-electron chi connectivity index (χ4n) is 1.23. The molecule has 0 radical (unpaired) electrons. The summed E-state index contributed by atoms with van der Waals surface area (Å²) in [6.45, 7) is 3.84. The van der Waals surface area contributed by atoms with E-state index in [2.05, 4.69) is 12.6 Å². The fourth-order valence-corrected chi connectivity index (χ4v) is 1.23. The largest absolute Gasteiger partial charge is 0.198 e. The first-order valence-corrected chi connectivity index (χ1v) is 3.42. The highest BCUT2D eigenvalue weighted by Crippen LogP contribution is 2.26. The molecule has 0 bridgehead atoms. The molecule has 9 heavy (non-hydrogen) atoms. The van der Waals surface area contributed by atoms with E-state index in [1.165, 1.54) is 12.8 Å². The topological polar surface area (TPSA) is 23.8 Å². The molecular formula is C8H11N. The maximum Gasteiger partial charge on any atom is 0.0700 e. The quantitative estimate of drug-likeness (QED) is 0.451. The zero-order chi connectivity index (χ0) is 6.69. The van der Waals surface area contributed by atoms with Crippen LogP contribution in [0, 0.1) is 17.2 Å². The summed E-state index contributed by atoms with van der Waals surface area (Å²) in [6, 6.07) is 2.25. The van der Waals surface area contributed by atoms with Gasteiger partial charge < -0.3 is 0 Å². The molecule has 1 heteroatoms.